The van der Waals surface area contributed by atoms with Gasteiger partial charge in [0.15, 0.2) is 0 Å². The van der Waals surface area contributed by atoms with E-state index in [-0.39, 0.29) is 18.2 Å². The maximum absolute atomic E-state index is 12.2. The van der Waals surface area contributed by atoms with Gasteiger partial charge in [-0.3, -0.25) is 4.90 Å². The second kappa shape index (κ2) is 4.68. The molecule has 0 amide bonds. The summed E-state index contributed by atoms with van der Waals surface area (Å²) < 4.78 is 63.1. The van der Waals surface area contributed by atoms with Crippen molar-refractivity contribution >= 4 is 26.0 Å². The van der Waals surface area contributed by atoms with Crippen molar-refractivity contribution in [2.45, 2.75) is 30.8 Å². The maximum Gasteiger partial charge on any atom is 0.534 e. The molecular formula is C9H11BrF3NO3S. The standard InChI is InChI=1S/C9H11BrF3NO3S/c10-7-5-14-3-1-2-6(14)4-8(7)17-18(15,16)9(11,12)13/h6H,1-5H2/t6-/m1/s1. The minimum atomic E-state index is -5.57. The van der Waals surface area contributed by atoms with Gasteiger partial charge in [-0.05, 0) is 19.4 Å². The maximum atomic E-state index is 12.2. The molecule has 0 aromatic rings. The Morgan fingerprint density at radius 1 is 1.39 bits per heavy atom. The molecule has 0 aliphatic carbocycles. The Kier molecular flexibility index (Phi) is 3.67. The van der Waals surface area contributed by atoms with Crippen LogP contribution in [-0.2, 0) is 14.3 Å². The quantitative estimate of drug-likeness (QED) is 0.567. The van der Waals surface area contributed by atoms with E-state index in [0.29, 0.717) is 11.0 Å². The molecule has 0 unspecified atom stereocenters. The fraction of sp³-hybridized carbons (Fsp3) is 0.778. The molecular weight excluding hydrogens is 339 g/mol. The van der Waals surface area contributed by atoms with Crippen LogP contribution in [0.15, 0.2) is 10.2 Å². The lowest BCUT2D eigenvalue weighted by Gasteiger charge is -2.30. The molecule has 9 heteroatoms. The normalized spacial score (nSPS) is 26.3. The molecule has 104 valence electrons. The zero-order valence-corrected chi connectivity index (χ0v) is 11.6. The molecule has 1 fully saturated rings. The van der Waals surface area contributed by atoms with Gasteiger partial charge in [0.05, 0.1) is 0 Å². The van der Waals surface area contributed by atoms with E-state index in [2.05, 4.69) is 25.0 Å². The lowest BCUT2D eigenvalue weighted by Crippen LogP contribution is -2.36. The fourth-order valence-corrected chi connectivity index (χ4v) is 3.38. The fourth-order valence-electron chi connectivity index (χ4n) is 2.18. The number of hydrogen-bond acceptors (Lipinski definition) is 4. The monoisotopic (exact) mass is 349 g/mol. The van der Waals surface area contributed by atoms with Gasteiger partial charge in [0.2, 0.25) is 0 Å². The summed E-state index contributed by atoms with van der Waals surface area (Å²) in [6, 6.07) is 0.0738. The second-order valence-corrected chi connectivity index (χ2v) is 6.78. The minimum Gasteiger partial charge on any atom is -0.380 e. The smallest absolute Gasteiger partial charge is 0.380 e. The molecule has 0 aromatic heterocycles. The van der Waals surface area contributed by atoms with Crippen molar-refractivity contribution < 1.29 is 25.8 Å². The molecule has 0 bridgehead atoms. The molecule has 0 aromatic carbocycles. The highest BCUT2D eigenvalue weighted by Crippen LogP contribution is 2.36. The third-order valence-corrected chi connectivity index (χ3v) is 4.74. The number of rotatable bonds is 2. The van der Waals surface area contributed by atoms with E-state index in [1.54, 1.807) is 0 Å². The summed E-state index contributed by atoms with van der Waals surface area (Å²) in [6.07, 6.45) is 2.00. The first-order valence-corrected chi connectivity index (χ1v) is 7.53. The summed E-state index contributed by atoms with van der Waals surface area (Å²) in [5.74, 6) is -0.129. The molecule has 0 saturated carbocycles. The molecule has 2 aliphatic heterocycles. The van der Waals surface area contributed by atoms with Crippen molar-refractivity contribution in [3.05, 3.63) is 10.2 Å². The highest BCUT2D eigenvalue weighted by molar-refractivity contribution is 9.11. The molecule has 4 nitrogen and oxygen atoms in total. The minimum absolute atomic E-state index is 0.0738. The predicted octanol–water partition coefficient (Wildman–Crippen LogP) is 2.33. The molecule has 0 radical (unpaired) electrons. The first-order valence-electron chi connectivity index (χ1n) is 5.33. The van der Waals surface area contributed by atoms with E-state index in [1.165, 1.54) is 0 Å². The van der Waals surface area contributed by atoms with E-state index in [0.717, 1.165) is 19.4 Å². The summed E-state index contributed by atoms with van der Waals surface area (Å²) in [4.78, 5) is 2.09. The highest BCUT2D eigenvalue weighted by atomic mass is 79.9. The number of alkyl halides is 3. The van der Waals surface area contributed by atoms with Crippen LogP contribution in [0.5, 0.6) is 0 Å². The first-order chi connectivity index (χ1) is 8.21. The molecule has 1 saturated heterocycles. The van der Waals surface area contributed by atoms with Gasteiger partial charge in [-0.25, -0.2) is 0 Å². The van der Waals surface area contributed by atoms with Crippen LogP contribution in [0.25, 0.3) is 0 Å². The molecule has 0 N–H and O–H groups in total. The van der Waals surface area contributed by atoms with Crippen LogP contribution in [0.2, 0.25) is 0 Å². The number of nitrogens with zero attached hydrogens (tertiary/aromatic N) is 1. The Hall–Kier alpha value is -0.280. The van der Waals surface area contributed by atoms with Crippen LogP contribution in [0, 0.1) is 0 Å². The summed E-state index contributed by atoms with van der Waals surface area (Å²) in [7, 11) is -5.57. The van der Waals surface area contributed by atoms with Gasteiger partial charge in [-0.2, -0.15) is 21.6 Å². The van der Waals surface area contributed by atoms with Gasteiger partial charge in [-0.15, -0.1) is 0 Å². The second-order valence-electron chi connectivity index (χ2n) is 4.28. The van der Waals surface area contributed by atoms with Crippen molar-refractivity contribution in [1.29, 1.82) is 0 Å². The van der Waals surface area contributed by atoms with Crippen molar-refractivity contribution in [2.24, 2.45) is 0 Å². The topological polar surface area (TPSA) is 46.6 Å². The number of halogens is 4. The lowest BCUT2D eigenvalue weighted by molar-refractivity contribution is -0.0526. The van der Waals surface area contributed by atoms with E-state index < -0.39 is 15.6 Å². The summed E-state index contributed by atoms with van der Waals surface area (Å²) in [5.41, 5.74) is -5.39. The van der Waals surface area contributed by atoms with Gasteiger partial charge in [0.1, 0.15) is 5.76 Å². The lowest BCUT2D eigenvalue weighted by atomic mass is 10.1. The van der Waals surface area contributed by atoms with Crippen LogP contribution in [0.3, 0.4) is 0 Å². The molecule has 18 heavy (non-hydrogen) atoms. The Morgan fingerprint density at radius 2 is 2.06 bits per heavy atom. The summed E-state index contributed by atoms with van der Waals surface area (Å²) >= 11 is 3.09. The van der Waals surface area contributed by atoms with Gasteiger partial charge in [-0.1, -0.05) is 15.9 Å². The van der Waals surface area contributed by atoms with E-state index in [1.807, 2.05) is 0 Å². The third kappa shape index (κ3) is 2.67. The molecule has 1 atom stereocenters. The van der Waals surface area contributed by atoms with Crippen molar-refractivity contribution in [2.75, 3.05) is 13.1 Å². The SMILES string of the molecule is O=S(=O)(OC1=C(Br)CN2CCC[C@@H]2C1)C(F)(F)F. The predicted molar refractivity (Wildman–Crippen MR) is 61.2 cm³/mol. The van der Waals surface area contributed by atoms with Crippen molar-refractivity contribution in [1.82, 2.24) is 4.90 Å². The van der Waals surface area contributed by atoms with Crippen LogP contribution >= 0.6 is 15.9 Å². The number of fused-ring (bicyclic) bond motifs is 1. The average Bonchev–Trinajstić information content (AvgIpc) is 2.63. The number of hydrogen-bond donors (Lipinski definition) is 0. The Bertz CT molecular complexity index is 474. The van der Waals surface area contributed by atoms with E-state index >= 15 is 0 Å². The van der Waals surface area contributed by atoms with Crippen LogP contribution in [-0.4, -0.2) is 38.0 Å². The van der Waals surface area contributed by atoms with Gasteiger partial charge >= 0.3 is 15.6 Å². The molecule has 0 spiro atoms. The summed E-state index contributed by atoms with van der Waals surface area (Å²) in [6.45, 7) is 1.27. The Labute approximate surface area is 111 Å². The largest absolute Gasteiger partial charge is 0.534 e. The molecule has 2 aliphatic rings. The zero-order chi connectivity index (χ0) is 13.6. The van der Waals surface area contributed by atoms with E-state index in [4.69, 9.17) is 0 Å². The van der Waals surface area contributed by atoms with Crippen molar-refractivity contribution in [3.63, 3.8) is 0 Å². The zero-order valence-electron chi connectivity index (χ0n) is 9.20. The molecule has 2 heterocycles. The average molecular weight is 350 g/mol. The van der Waals surface area contributed by atoms with Crippen molar-refractivity contribution in [3.8, 4) is 0 Å². The molecule has 2 rings (SSSR count). The first kappa shape index (κ1) is 14.1. The highest BCUT2D eigenvalue weighted by Gasteiger charge is 2.49. The Morgan fingerprint density at radius 3 is 2.67 bits per heavy atom. The summed E-state index contributed by atoms with van der Waals surface area (Å²) in [5, 5.41) is 0. The van der Waals surface area contributed by atoms with Gasteiger partial charge < -0.3 is 4.18 Å². The van der Waals surface area contributed by atoms with E-state index in [9.17, 15) is 21.6 Å². The van der Waals surface area contributed by atoms with Crippen LogP contribution in [0.4, 0.5) is 13.2 Å². The van der Waals surface area contributed by atoms with Crippen LogP contribution in [0.1, 0.15) is 19.3 Å². The van der Waals surface area contributed by atoms with Crippen LogP contribution < -0.4 is 0 Å². The van der Waals surface area contributed by atoms with Gasteiger partial charge in [0, 0.05) is 23.5 Å². The third-order valence-electron chi connectivity index (χ3n) is 3.06. The Balaban J connectivity index is 2.17. The van der Waals surface area contributed by atoms with Gasteiger partial charge in [0.25, 0.3) is 0 Å².